The molecule has 1 unspecified atom stereocenters. The highest BCUT2D eigenvalue weighted by Gasteiger charge is 2.19. The Labute approximate surface area is 102 Å². The van der Waals surface area contributed by atoms with Gasteiger partial charge in [-0.3, -0.25) is 4.90 Å². The van der Waals surface area contributed by atoms with Crippen LogP contribution in [-0.2, 0) is 13.2 Å². The van der Waals surface area contributed by atoms with Gasteiger partial charge in [-0.2, -0.15) is 5.26 Å². The van der Waals surface area contributed by atoms with Crippen molar-refractivity contribution in [1.82, 2.24) is 4.90 Å². The minimum atomic E-state index is 0.0977. The maximum absolute atomic E-state index is 8.97. The third-order valence-corrected chi connectivity index (χ3v) is 3.30. The summed E-state index contributed by atoms with van der Waals surface area (Å²) in [6.45, 7) is 2.97. The molecule has 1 saturated heterocycles. The van der Waals surface area contributed by atoms with Gasteiger partial charge in [0.25, 0.3) is 0 Å². The molecule has 1 atom stereocenters. The zero-order valence-corrected chi connectivity index (χ0v) is 9.97. The molecule has 2 rings (SSSR count). The van der Waals surface area contributed by atoms with Crippen molar-refractivity contribution in [1.29, 1.82) is 5.26 Å². The third kappa shape index (κ3) is 3.29. The number of nitrogens with zero attached hydrogens (tertiary/aromatic N) is 2. The number of benzene rings is 1. The van der Waals surface area contributed by atoms with Crippen LogP contribution in [0.4, 0.5) is 0 Å². The highest BCUT2D eigenvalue weighted by atomic mass is 16.3. The first kappa shape index (κ1) is 12.1. The number of hydrogen-bond acceptors (Lipinski definition) is 3. The van der Waals surface area contributed by atoms with Crippen molar-refractivity contribution in [3.63, 3.8) is 0 Å². The molecule has 0 bridgehead atoms. The second-order valence-electron chi connectivity index (χ2n) is 4.68. The summed E-state index contributed by atoms with van der Waals surface area (Å²) in [5.41, 5.74) is 2.20. The minimum absolute atomic E-state index is 0.0977. The van der Waals surface area contributed by atoms with E-state index in [0.717, 1.165) is 38.0 Å². The van der Waals surface area contributed by atoms with Gasteiger partial charge in [0.1, 0.15) is 0 Å². The predicted molar refractivity (Wildman–Crippen MR) is 66.0 cm³/mol. The van der Waals surface area contributed by atoms with Gasteiger partial charge in [-0.25, -0.2) is 0 Å². The lowest BCUT2D eigenvalue weighted by molar-refractivity contribution is 0.192. The lowest BCUT2D eigenvalue weighted by Crippen LogP contribution is -2.34. The van der Waals surface area contributed by atoms with E-state index >= 15 is 0 Å². The van der Waals surface area contributed by atoms with Gasteiger partial charge in [-0.1, -0.05) is 24.3 Å². The molecule has 0 spiro atoms. The number of rotatable bonds is 3. The van der Waals surface area contributed by atoms with Crippen LogP contribution >= 0.6 is 0 Å². The summed E-state index contributed by atoms with van der Waals surface area (Å²) >= 11 is 0. The summed E-state index contributed by atoms with van der Waals surface area (Å²) in [6.07, 6.45) is 2.16. The average molecular weight is 230 g/mol. The van der Waals surface area contributed by atoms with E-state index in [2.05, 4.69) is 23.1 Å². The van der Waals surface area contributed by atoms with E-state index in [1.807, 2.05) is 12.1 Å². The molecule has 0 radical (unpaired) electrons. The van der Waals surface area contributed by atoms with Crippen LogP contribution in [-0.4, -0.2) is 23.1 Å². The number of piperidine rings is 1. The molecule has 1 heterocycles. The molecular weight excluding hydrogens is 212 g/mol. The zero-order valence-electron chi connectivity index (χ0n) is 9.97. The van der Waals surface area contributed by atoms with Gasteiger partial charge < -0.3 is 5.11 Å². The molecule has 1 aliphatic heterocycles. The topological polar surface area (TPSA) is 47.3 Å². The molecule has 1 aromatic carbocycles. The zero-order chi connectivity index (χ0) is 12.1. The molecule has 0 amide bonds. The molecule has 1 aliphatic rings. The number of hydrogen-bond donors (Lipinski definition) is 1. The Morgan fingerprint density at radius 2 is 2.00 bits per heavy atom. The molecule has 17 heavy (non-hydrogen) atoms. The van der Waals surface area contributed by atoms with Crippen molar-refractivity contribution in [3.8, 4) is 6.07 Å². The molecule has 0 saturated carbocycles. The third-order valence-electron chi connectivity index (χ3n) is 3.30. The maximum Gasteiger partial charge on any atom is 0.0681 e. The van der Waals surface area contributed by atoms with E-state index in [-0.39, 0.29) is 12.5 Å². The predicted octanol–water partition coefficient (Wildman–Crippen LogP) is 1.91. The van der Waals surface area contributed by atoms with Crippen LogP contribution in [0.2, 0.25) is 0 Å². The first-order valence-electron chi connectivity index (χ1n) is 6.12. The highest BCUT2D eigenvalue weighted by molar-refractivity contribution is 5.22. The summed E-state index contributed by atoms with van der Waals surface area (Å²) < 4.78 is 0. The van der Waals surface area contributed by atoms with Gasteiger partial charge in [0.05, 0.1) is 18.6 Å². The van der Waals surface area contributed by atoms with Crippen LogP contribution in [0.5, 0.6) is 0 Å². The van der Waals surface area contributed by atoms with Crippen LogP contribution in [0.3, 0.4) is 0 Å². The Bertz CT molecular complexity index is 394. The molecule has 90 valence electrons. The van der Waals surface area contributed by atoms with Crippen molar-refractivity contribution in [2.24, 2.45) is 5.92 Å². The SMILES string of the molecule is N#CC1CCCN(Cc2ccc(CO)cc2)C1. The second-order valence-corrected chi connectivity index (χ2v) is 4.68. The monoisotopic (exact) mass is 230 g/mol. The fraction of sp³-hybridized carbons (Fsp3) is 0.500. The van der Waals surface area contributed by atoms with Gasteiger partial charge in [-0.15, -0.1) is 0 Å². The smallest absolute Gasteiger partial charge is 0.0681 e. The molecule has 1 N–H and O–H groups in total. The number of aliphatic hydroxyl groups excluding tert-OH is 1. The fourth-order valence-electron chi connectivity index (χ4n) is 2.31. The fourth-order valence-corrected chi connectivity index (χ4v) is 2.31. The van der Waals surface area contributed by atoms with E-state index in [0.29, 0.717) is 0 Å². The molecule has 3 heteroatoms. The molecule has 0 aromatic heterocycles. The summed E-state index contributed by atoms with van der Waals surface area (Å²) in [7, 11) is 0. The van der Waals surface area contributed by atoms with Crippen LogP contribution in [0.25, 0.3) is 0 Å². The number of aliphatic hydroxyl groups is 1. The van der Waals surface area contributed by atoms with Crippen molar-refractivity contribution < 1.29 is 5.11 Å². The van der Waals surface area contributed by atoms with E-state index < -0.39 is 0 Å². The molecule has 3 nitrogen and oxygen atoms in total. The summed E-state index contributed by atoms with van der Waals surface area (Å²) in [5, 5.41) is 17.9. The van der Waals surface area contributed by atoms with E-state index in [4.69, 9.17) is 10.4 Å². The Balaban J connectivity index is 1.93. The van der Waals surface area contributed by atoms with Crippen LogP contribution in [0, 0.1) is 17.2 Å². The molecular formula is C14H18N2O. The van der Waals surface area contributed by atoms with Crippen LogP contribution in [0.1, 0.15) is 24.0 Å². The van der Waals surface area contributed by atoms with Gasteiger partial charge >= 0.3 is 0 Å². The molecule has 1 aromatic rings. The van der Waals surface area contributed by atoms with Crippen LogP contribution < -0.4 is 0 Å². The Morgan fingerprint density at radius 1 is 1.29 bits per heavy atom. The first-order chi connectivity index (χ1) is 8.31. The van der Waals surface area contributed by atoms with Crippen molar-refractivity contribution >= 4 is 0 Å². The standard InChI is InChI=1S/C14H18N2O/c15-8-14-2-1-7-16(10-14)9-12-3-5-13(11-17)6-4-12/h3-6,14,17H,1-2,7,9-11H2. The Hall–Kier alpha value is -1.37. The maximum atomic E-state index is 8.97. The summed E-state index contributed by atoms with van der Waals surface area (Å²) in [6, 6.07) is 10.4. The minimum Gasteiger partial charge on any atom is -0.392 e. The van der Waals surface area contributed by atoms with Crippen molar-refractivity contribution in [3.05, 3.63) is 35.4 Å². The van der Waals surface area contributed by atoms with Crippen molar-refractivity contribution in [2.45, 2.75) is 26.0 Å². The number of likely N-dealkylation sites (tertiary alicyclic amines) is 1. The first-order valence-corrected chi connectivity index (χ1v) is 6.12. The number of nitriles is 1. The van der Waals surface area contributed by atoms with Crippen molar-refractivity contribution in [2.75, 3.05) is 13.1 Å². The second kappa shape index (κ2) is 5.81. The van der Waals surface area contributed by atoms with Crippen LogP contribution in [0.15, 0.2) is 24.3 Å². The largest absolute Gasteiger partial charge is 0.392 e. The van der Waals surface area contributed by atoms with E-state index in [1.54, 1.807) is 0 Å². The highest BCUT2D eigenvalue weighted by Crippen LogP contribution is 2.18. The quantitative estimate of drug-likeness (QED) is 0.863. The Kier molecular flexibility index (Phi) is 4.13. The molecule has 0 aliphatic carbocycles. The normalized spacial score (nSPS) is 21.1. The lowest BCUT2D eigenvalue weighted by Gasteiger charge is -2.29. The van der Waals surface area contributed by atoms with E-state index in [9.17, 15) is 0 Å². The van der Waals surface area contributed by atoms with E-state index in [1.165, 1.54) is 5.56 Å². The summed E-state index contributed by atoms with van der Waals surface area (Å²) in [4.78, 5) is 2.34. The van der Waals surface area contributed by atoms with Gasteiger partial charge in [0.2, 0.25) is 0 Å². The molecule has 1 fully saturated rings. The average Bonchev–Trinajstić information content (AvgIpc) is 2.40. The van der Waals surface area contributed by atoms with Gasteiger partial charge in [-0.05, 0) is 30.5 Å². The van der Waals surface area contributed by atoms with Gasteiger partial charge in [0, 0.05) is 13.1 Å². The van der Waals surface area contributed by atoms with Gasteiger partial charge in [0.15, 0.2) is 0 Å². The Morgan fingerprint density at radius 3 is 2.65 bits per heavy atom. The lowest BCUT2D eigenvalue weighted by atomic mass is 9.99. The summed E-state index contributed by atoms with van der Waals surface area (Å²) in [5.74, 6) is 0.195.